The third-order valence-corrected chi connectivity index (χ3v) is 7.36. The van der Waals surface area contributed by atoms with E-state index in [4.69, 9.17) is 16.3 Å². The van der Waals surface area contributed by atoms with Crippen molar-refractivity contribution in [3.8, 4) is 5.75 Å². The highest BCUT2D eigenvalue weighted by Gasteiger charge is 2.33. The van der Waals surface area contributed by atoms with E-state index in [-0.39, 0.29) is 11.7 Å². The van der Waals surface area contributed by atoms with Gasteiger partial charge >= 0.3 is 0 Å². The fourth-order valence-corrected chi connectivity index (χ4v) is 4.88. The SMILES string of the molecule is CCS(=O)(=O)N1CCN(C(C(=O)Nc2ccc(OC)c(Cl)c2)c2ccccc2)CC1. The third kappa shape index (κ3) is 5.13. The molecule has 30 heavy (non-hydrogen) atoms. The minimum absolute atomic E-state index is 0.0772. The van der Waals surface area contributed by atoms with Crippen molar-refractivity contribution in [2.24, 2.45) is 0 Å². The summed E-state index contributed by atoms with van der Waals surface area (Å²) in [4.78, 5) is 15.3. The van der Waals surface area contributed by atoms with Crippen molar-refractivity contribution in [2.45, 2.75) is 13.0 Å². The first-order valence-corrected chi connectivity index (χ1v) is 11.8. The Morgan fingerprint density at radius 1 is 1.13 bits per heavy atom. The van der Waals surface area contributed by atoms with Crippen LogP contribution in [0.15, 0.2) is 48.5 Å². The second-order valence-corrected chi connectivity index (χ2v) is 9.65. The number of nitrogens with zero attached hydrogens (tertiary/aromatic N) is 2. The van der Waals surface area contributed by atoms with Gasteiger partial charge in [-0.2, -0.15) is 4.31 Å². The molecule has 162 valence electrons. The molecule has 0 radical (unpaired) electrons. The minimum Gasteiger partial charge on any atom is -0.495 e. The summed E-state index contributed by atoms with van der Waals surface area (Å²) in [6, 6.07) is 14.0. The second-order valence-electron chi connectivity index (χ2n) is 6.99. The lowest BCUT2D eigenvalue weighted by Gasteiger charge is -2.38. The summed E-state index contributed by atoms with van der Waals surface area (Å²) in [5.41, 5.74) is 1.42. The lowest BCUT2D eigenvalue weighted by molar-refractivity contribution is -0.122. The van der Waals surface area contributed by atoms with Crippen LogP contribution in [-0.2, 0) is 14.8 Å². The lowest BCUT2D eigenvalue weighted by atomic mass is 10.0. The highest BCUT2D eigenvalue weighted by Crippen LogP contribution is 2.29. The van der Waals surface area contributed by atoms with Crippen LogP contribution in [0.5, 0.6) is 5.75 Å². The number of carbonyl (C=O) groups excluding carboxylic acids is 1. The van der Waals surface area contributed by atoms with E-state index >= 15 is 0 Å². The van der Waals surface area contributed by atoms with E-state index in [1.54, 1.807) is 25.1 Å². The van der Waals surface area contributed by atoms with Crippen LogP contribution in [0.1, 0.15) is 18.5 Å². The number of nitrogens with one attached hydrogen (secondary N) is 1. The summed E-state index contributed by atoms with van der Waals surface area (Å²) in [5, 5.41) is 3.34. The maximum atomic E-state index is 13.3. The third-order valence-electron chi connectivity index (χ3n) is 5.18. The van der Waals surface area contributed by atoms with Gasteiger partial charge in [0.2, 0.25) is 15.9 Å². The van der Waals surface area contributed by atoms with Gasteiger partial charge in [-0.15, -0.1) is 0 Å². The summed E-state index contributed by atoms with van der Waals surface area (Å²) < 4.78 is 31.0. The van der Waals surface area contributed by atoms with Crippen LogP contribution >= 0.6 is 11.6 Å². The van der Waals surface area contributed by atoms with Crippen LogP contribution in [0, 0.1) is 0 Å². The molecular weight excluding hydrogens is 426 g/mol. The molecule has 0 saturated carbocycles. The Bertz CT molecular complexity index is 977. The first-order chi connectivity index (χ1) is 14.4. The second kappa shape index (κ2) is 9.78. The summed E-state index contributed by atoms with van der Waals surface area (Å²) >= 11 is 6.18. The average molecular weight is 452 g/mol. The van der Waals surface area contributed by atoms with E-state index in [1.807, 2.05) is 35.2 Å². The predicted octanol–water partition coefficient (Wildman–Crippen LogP) is 3.00. The van der Waals surface area contributed by atoms with Gasteiger partial charge in [-0.3, -0.25) is 9.69 Å². The number of methoxy groups -OCH3 is 1. The number of ether oxygens (including phenoxy) is 1. The number of benzene rings is 2. The molecule has 7 nitrogen and oxygen atoms in total. The van der Waals surface area contributed by atoms with Crippen molar-refractivity contribution < 1.29 is 17.9 Å². The standard InChI is InChI=1S/C21H26ClN3O4S/c1-3-30(27,28)25-13-11-24(12-14-25)20(16-7-5-4-6-8-16)21(26)23-17-9-10-19(29-2)18(22)15-17/h4-10,15,20H,3,11-14H2,1-2H3,(H,23,26). The molecule has 2 aromatic rings. The topological polar surface area (TPSA) is 79.0 Å². The van der Waals surface area contributed by atoms with Crippen LogP contribution in [-0.4, -0.2) is 62.6 Å². The summed E-state index contributed by atoms with van der Waals surface area (Å²) in [7, 11) is -1.70. The van der Waals surface area contributed by atoms with Gasteiger partial charge in [0.15, 0.2) is 0 Å². The van der Waals surface area contributed by atoms with Crippen molar-refractivity contribution >= 4 is 33.2 Å². The summed E-state index contributed by atoms with van der Waals surface area (Å²) in [6.07, 6.45) is 0. The molecule has 3 rings (SSSR count). The van der Waals surface area contributed by atoms with Crippen LogP contribution < -0.4 is 10.1 Å². The van der Waals surface area contributed by atoms with E-state index in [0.717, 1.165) is 5.56 Å². The van der Waals surface area contributed by atoms with Crippen molar-refractivity contribution in [3.63, 3.8) is 0 Å². The zero-order chi connectivity index (χ0) is 21.7. The molecule has 0 aliphatic carbocycles. The van der Waals surface area contributed by atoms with E-state index in [2.05, 4.69) is 5.32 Å². The Hall–Kier alpha value is -2.13. The van der Waals surface area contributed by atoms with E-state index < -0.39 is 16.1 Å². The Morgan fingerprint density at radius 3 is 2.37 bits per heavy atom. The molecule has 1 atom stereocenters. The predicted molar refractivity (Wildman–Crippen MR) is 118 cm³/mol. The van der Waals surface area contributed by atoms with Crippen LogP contribution in [0.4, 0.5) is 5.69 Å². The fourth-order valence-electron chi connectivity index (χ4n) is 3.54. The van der Waals surface area contributed by atoms with E-state index in [1.165, 1.54) is 11.4 Å². The number of halogens is 1. The number of anilines is 1. The first-order valence-electron chi connectivity index (χ1n) is 9.77. The molecule has 9 heteroatoms. The Labute approximate surface area is 182 Å². The molecule has 1 fully saturated rings. The van der Waals surface area contributed by atoms with Gasteiger partial charge in [-0.1, -0.05) is 41.9 Å². The highest BCUT2D eigenvalue weighted by atomic mass is 35.5. The van der Waals surface area contributed by atoms with Gasteiger partial charge in [0, 0.05) is 31.9 Å². The van der Waals surface area contributed by atoms with E-state index in [9.17, 15) is 13.2 Å². The molecule has 1 saturated heterocycles. The number of piperazine rings is 1. The molecular formula is C21H26ClN3O4S. The number of sulfonamides is 1. The Kier molecular flexibility index (Phi) is 7.36. The minimum atomic E-state index is -3.24. The molecule has 0 spiro atoms. The quantitative estimate of drug-likeness (QED) is 0.700. The number of rotatable bonds is 7. The average Bonchev–Trinajstić information content (AvgIpc) is 2.75. The molecule has 1 aliphatic rings. The largest absolute Gasteiger partial charge is 0.495 e. The molecule has 2 aromatic carbocycles. The van der Waals surface area contributed by atoms with Gasteiger partial charge in [0.25, 0.3) is 0 Å². The number of hydrogen-bond acceptors (Lipinski definition) is 5. The molecule has 1 heterocycles. The van der Waals surface area contributed by atoms with Crippen LogP contribution in [0.3, 0.4) is 0 Å². The number of hydrogen-bond donors (Lipinski definition) is 1. The molecule has 0 bridgehead atoms. The van der Waals surface area contributed by atoms with Crippen LogP contribution in [0.2, 0.25) is 5.02 Å². The molecule has 1 amide bonds. The fraction of sp³-hybridized carbons (Fsp3) is 0.381. The monoisotopic (exact) mass is 451 g/mol. The van der Waals surface area contributed by atoms with Gasteiger partial charge in [-0.25, -0.2) is 8.42 Å². The van der Waals surface area contributed by atoms with Crippen molar-refractivity contribution in [1.82, 2.24) is 9.21 Å². The molecule has 1 unspecified atom stereocenters. The summed E-state index contributed by atoms with van der Waals surface area (Å²) in [5.74, 6) is 0.408. The molecule has 0 aromatic heterocycles. The maximum absolute atomic E-state index is 13.3. The smallest absolute Gasteiger partial charge is 0.246 e. The number of carbonyl (C=O) groups is 1. The zero-order valence-electron chi connectivity index (χ0n) is 17.0. The zero-order valence-corrected chi connectivity index (χ0v) is 18.6. The lowest BCUT2D eigenvalue weighted by Crippen LogP contribution is -2.51. The Balaban J connectivity index is 1.80. The van der Waals surface area contributed by atoms with Crippen molar-refractivity contribution in [3.05, 3.63) is 59.1 Å². The maximum Gasteiger partial charge on any atom is 0.246 e. The van der Waals surface area contributed by atoms with Crippen LogP contribution in [0.25, 0.3) is 0 Å². The molecule has 1 aliphatic heterocycles. The van der Waals surface area contributed by atoms with Gasteiger partial charge in [0.1, 0.15) is 11.8 Å². The van der Waals surface area contributed by atoms with Gasteiger partial charge < -0.3 is 10.1 Å². The first kappa shape index (κ1) is 22.6. The van der Waals surface area contributed by atoms with Crippen molar-refractivity contribution in [2.75, 3.05) is 44.4 Å². The highest BCUT2D eigenvalue weighted by molar-refractivity contribution is 7.89. The number of amides is 1. The van der Waals surface area contributed by atoms with Gasteiger partial charge in [0.05, 0.1) is 17.9 Å². The Morgan fingerprint density at radius 2 is 1.80 bits per heavy atom. The van der Waals surface area contributed by atoms with E-state index in [0.29, 0.717) is 42.6 Å². The molecule has 1 N–H and O–H groups in total. The summed E-state index contributed by atoms with van der Waals surface area (Å²) in [6.45, 7) is 3.30. The van der Waals surface area contributed by atoms with Crippen molar-refractivity contribution in [1.29, 1.82) is 0 Å². The van der Waals surface area contributed by atoms with Gasteiger partial charge in [-0.05, 0) is 30.7 Å². The normalized spacial score (nSPS) is 16.8.